The monoisotopic (exact) mass is 356 g/mol. The summed E-state index contributed by atoms with van der Waals surface area (Å²) in [4.78, 5) is 15.6. The van der Waals surface area contributed by atoms with Crippen molar-refractivity contribution < 1.29 is 9.18 Å². The summed E-state index contributed by atoms with van der Waals surface area (Å²) >= 11 is 0. The van der Waals surface area contributed by atoms with Crippen molar-refractivity contribution >= 4 is 11.6 Å². The number of fused-ring (bicyclic) bond motifs is 2. The van der Waals surface area contributed by atoms with Crippen LogP contribution in [0.4, 0.5) is 10.1 Å². The maximum Gasteiger partial charge on any atom is 0.230 e. The van der Waals surface area contributed by atoms with E-state index in [1.54, 1.807) is 6.07 Å². The Labute approximate surface area is 155 Å². The Bertz CT molecular complexity index is 689. The maximum atomic E-state index is 14.2. The first kappa shape index (κ1) is 17.7. The average molecular weight is 356 g/mol. The number of halogens is 1. The summed E-state index contributed by atoms with van der Waals surface area (Å²) in [5, 5.41) is 3.43. The second-order valence-electron chi connectivity index (χ2n) is 8.15. The molecule has 1 amide bonds. The third kappa shape index (κ3) is 2.79. The van der Waals surface area contributed by atoms with Gasteiger partial charge in [0, 0.05) is 17.0 Å². The highest BCUT2D eigenvalue weighted by molar-refractivity contribution is 5.98. The van der Waals surface area contributed by atoms with Gasteiger partial charge in [-0.3, -0.25) is 4.79 Å². The highest BCUT2D eigenvalue weighted by Gasteiger charge is 2.53. The lowest BCUT2D eigenvalue weighted by atomic mass is 9.69. The predicted molar refractivity (Wildman–Crippen MR) is 103 cm³/mol. The lowest BCUT2D eigenvalue weighted by Crippen LogP contribution is -2.53. The molecule has 1 aliphatic carbocycles. The minimum atomic E-state index is -0.203. The molecule has 0 aromatic heterocycles. The van der Waals surface area contributed by atoms with Crippen LogP contribution in [0.25, 0.3) is 0 Å². The standard InChI is InChI=1S/C22H29FN2O/c1-2-6-20-22(11-13-24-14-12-22)18-15-17(23)9-10-19(18)25(20)21(26)16-7-4-3-5-8-16/h2,9-10,15-16,20,24H,1,3-8,11-14H2/t20-/m1/s1. The number of piperidine rings is 1. The van der Waals surface area contributed by atoms with E-state index in [1.807, 2.05) is 17.0 Å². The van der Waals surface area contributed by atoms with Crippen LogP contribution in [-0.2, 0) is 10.2 Å². The number of anilines is 1. The molecule has 1 aromatic carbocycles. The number of hydrogen-bond donors (Lipinski definition) is 1. The summed E-state index contributed by atoms with van der Waals surface area (Å²) in [5.41, 5.74) is 1.83. The lowest BCUT2D eigenvalue weighted by molar-refractivity contribution is -0.124. The fraction of sp³-hybridized carbons (Fsp3) is 0.591. The smallest absolute Gasteiger partial charge is 0.230 e. The number of amides is 1. The lowest BCUT2D eigenvalue weighted by Gasteiger charge is -2.42. The van der Waals surface area contributed by atoms with Crippen LogP contribution in [-0.4, -0.2) is 25.0 Å². The van der Waals surface area contributed by atoms with Gasteiger partial charge in [-0.2, -0.15) is 0 Å². The van der Waals surface area contributed by atoms with Crippen molar-refractivity contribution in [3.05, 3.63) is 42.2 Å². The molecule has 4 rings (SSSR count). The third-order valence-corrected chi connectivity index (χ3v) is 6.78. The number of nitrogens with zero attached hydrogens (tertiary/aromatic N) is 1. The van der Waals surface area contributed by atoms with Crippen molar-refractivity contribution in [3.8, 4) is 0 Å². The largest absolute Gasteiger partial charge is 0.317 e. The SMILES string of the molecule is C=CC[C@H]1N(C(=O)C2CCCCC2)c2ccc(F)cc2C12CCNCC2. The van der Waals surface area contributed by atoms with E-state index < -0.39 is 0 Å². The normalized spacial score (nSPS) is 25.3. The molecule has 4 heteroatoms. The molecule has 1 spiro atoms. The molecule has 0 radical (unpaired) electrons. The molecule has 1 atom stereocenters. The number of rotatable bonds is 3. The number of nitrogens with one attached hydrogen (secondary N) is 1. The molecule has 2 fully saturated rings. The predicted octanol–water partition coefficient (Wildman–Crippen LogP) is 4.32. The van der Waals surface area contributed by atoms with Crippen LogP contribution in [0, 0.1) is 11.7 Å². The first-order valence-corrected chi connectivity index (χ1v) is 10.1. The molecule has 0 bridgehead atoms. The summed E-state index contributed by atoms with van der Waals surface area (Å²) in [7, 11) is 0. The molecule has 1 saturated carbocycles. The fourth-order valence-corrected chi connectivity index (χ4v) is 5.49. The molecule has 1 N–H and O–H groups in total. The Kier molecular flexibility index (Phi) is 4.87. The van der Waals surface area contributed by atoms with E-state index in [9.17, 15) is 9.18 Å². The molecular formula is C22H29FN2O. The van der Waals surface area contributed by atoms with Crippen LogP contribution < -0.4 is 10.2 Å². The van der Waals surface area contributed by atoms with E-state index in [2.05, 4.69) is 11.9 Å². The van der Waals surface area contributed by atoms with Crippen LogP contribution in [0.3, 0.4) is 0 Å². The zero-order valence-corrected chi connectivity index (χ0v) is 15.5. The molecule has 0 unspecified atom stereocenters. The molecule has 3 nitrogen and oxygen atoms in total. The second-order valence-corrected chi connectivity index (χ2v) is 8.15. The molecule has 2 heterocycles. The summed E-state index contributed by atoms with van der Waals surface area (Å²) < 4.78 is 14.2. The fourth-order valence-electron chi connectivity index (χ4n) is 5.49. The highest BCUT2D eigenvalue weighted by atomic mass is 19.1. The van der Waals surface area contributed by atoms with E-state index >= 15 is 0 Å². The molecule has 26 heavy (non-hydrogen) atoms. The van der Waals surface area contributed by atoms with E-state index in [0.29, 0.717) is 0 Å². The van der Waals surface area contributed by atoms with Crippen molar-refractivity contribution in [2.24, 2.45) is 5.92 Å². The van der Waals surface area contributed by atoms with Gasteiger partial charge in [0.2, 0.25) is 5.91 Å². The number of hydrogen-bond acceptors (Lipinski definition) is 2. The van der Waals surface area contributed by atoms with Gasteiger partial charge < -0.3 is 10.2 Å². The van der Waals surface area contributed by atoms with Gasteiger partial charge in [-0.1, -0.05) is 25.3 Å². The van der Waals surface area contributed by atoms with Gasteiger partial charge in [-0.05, 0) is 69.0 Å². The van der Waals surface area contributed by atoms with Gasteiger partial charge in [0.25, 0.3) is 0 Å². The van der Waals surface area contributed by atoms with E-state index in [0.717, 1.165) is 69.3 Å². The van der Waals surface area contributed by atoms with E-state index in [4.69, 9.17) is 0 Å². The summed E-state index contributed by atoms with van der Waals surface area (Å²) in [6, 6.07) is 5.09. The Balaban J connectivity index is 1.79. The first-order valence-electron chi connectivity index (χ1n) is 10.1. The van der Waals surface area contributed by atoms with Gasteiger partial charge in [-0.15, -0.1) is 6.58 Å². The Morgan fingerprint density at radius 1 is 1.27 bits per heavy atom. The van der Waals surface area contributed by atoms with Crippen molar-refractivity contribution in [3.63, 3.8) is 0 Å². The van der Waals surface area contributed by atoms with Crippen LogP contribution in [0.2, 0.25) is 0 Å². The van der Waals surface area contributed by atoms with E-state index in [-0.39, 0.29) is 29.1 Å². The first-order chi connectivity index (χ1) is 12.7. The minimum absolute atomic E-state index is 0.0633. The molecular weight excluding hydrogens is 327 g/mol. The van der Waals surface area contributed by atoms with Crippen molar-refractivity contribution in [1.29, 1.82) is 0 Å². The Hall–Kier alpha value is -1.68. The molecule has 140 valence electrons. The summed E-state index contributed by atoms with van der Waals surface area (Å²) in [6.45, 7) is 5.78. The van der Waals surface area contributed by atoms with Crippen LogP contribution in [0.15, 0.2) is 30.9 Å². The zero-order valence-electron chi connectivity index (χ0n) is 15.5. The van der Waals surface area contributed by atoms with Crippen LogP contribution >= 0.6 is 0 Å². The molecule has 2 aliphatic heterocycles. The third-order valence-electron chi connectivity index (χ3n) is 6.78. The minimum Gasteiger partial charge on any atom is -0.317 e. The van der Waals surface area contributed by atoms with Crippen LogP contribution in [0.1, 0.15) is 56.9 Å². The summed E-state index contributed by atoms with van der Waals surface area (Å²) in [5.74, 6) is 0.164. The maximum absolute atomic E-state index is 14.2. The molecule has 3 aliphatic rings. The molecule has 1 saturated heterocycles. The number of carbonyl (C=O) groups excluding carboxylic acids is 1. The van der Waals surface area contributed by atoms with Crippen molar-refractivity contribution in [2.45, 2.75) is 62.8 Å². The second kappa shape index (κ2) is 7.15. The Morgan fingerprint density at radius 3 is 2.69 bits per heavy atom. The van der Waals surface area contributed by atoms with Gasteiger partial charge in [0.05, 0.1) is 6.04 Å². The molecule has 1 aromatic rings. The highest BCUT2D eigenvalue weighted by Crippen LogP contribution is 2.52. The quantitative estimate of drug-likeness (QED) is 0.818. The van der Waals surface area contributed by atoms with Gasteiger partial charge in [-0.25, -0.2) is 4.39 Å². The Morgan fingerprint density at radius 2 is 2.00 bits per heavy atom. The van der Waals surface area contributed by atoms with Crippen LogP contribution in [0.5, 0.6) is 0 Å². The summed E-state index contributed by atoms with van der Waals surface area (Å²) in [6.07, 6.45) is 10.1. The zero-order chi connectivity index (χ0) is 18.1. The van der Waals surface area contributed by atoms with Gasteiger partial charge in [0.15, 0.2) is 0 Å². The average Bonchev–Trinajstić information content (AvgIpc) is 2.92. The van der Waals surface area contributed by atoms with Gasteiger partial charge >= 0.3 is 0 Å². The topological polar surface area (TPSA) is 32.3 Å². The number of benzene rings is 1. The van der Waals surface area contributed by atoms with Crippen molar-refractivity contribution in [1.82, 2.24) is 5.32 Å². The van der Waals surface area contributed by atoms with E-state index in [1.165, 1.54) is 12.5 Å². The van der Waals surface area contributed by atoms with Gasteiger partial charge in [0.1, 0.15) is 5.82 Å². The number of carbonyl (C=O) groups is 1. The van der Waals surface area contributed by atoms with Crippen molar-refractivity contribution in [2.75, 3.05) is 18.0 Å².